The van der Waals surface area contributed by atoms with Crippen LogP contribution in [-0.4, -0.2) is 56.0 Å². The van der Waals surface area contributed by atoms with Crippen molar-refractivity contribution in [3.63, 3.8) is 0 Å². The van der Waals surface area contributed by atoms with Gasteiger partial charge < -0.3 is 15.4 Å². The maximum Gasteiger partial charge on any atom is 0.233 e. The number of allylic oxidation sites excluding steroid dienone is 2. The van der Waals surface area contributed by atoms with E-state index in [9.17, 15) is 9.59 Å². The van der Waals surface area contributed by atoms with Gasteiger partial charge in [0, 0.05) is 26.2 Å². The van der Waals surface area contributed by atoms with E-state index < -0.39 is 0 Å². The summed E-state index contributed by atoms with van der Waals surface area (Å²) in [7, 11) is 1.67. The summed E-state index contributed by atoms with van der Waals surface area (Å²) >= 11 is 0. The molecule has 1 saturated carbocycles. The van der Waals surface area contributed by atoms with Gasteiger partial charge >= 0.3 is 0 Å². The molecule has 7 heteroatoms. The van der Waals surface area contributed by atoms with Crippen LogP contribution >= 0.6 is 0 Å². The number of fused-ring (bicyclic) bond motifs is 5. The summed E-state index contributed by atoms with van der Waals surface area (Å²) in [5.41, 5.74) is 1.11. The van der Waals surface area contributed by atoms with Gasteiger partial charge in [0.25, 0.3) is 0 Å². The number of nitrogens with zero attached hydrogens (tertiary/aromatic N) is 2. The van der Waals surface area contributed by atoms with Crippen molar-refractivity contribution in [3.8, 4) is 5.75 Å². The Labute approximate surface area is 177 Å². The lowest BCUT2D eigenvalue weighted by Gasteiger charge is -2.18. The van der Waals surface area contributed by atoms with Crippen molar-refractivity contribution < 1.29 is 14.3 Å². The van der Waals surface area contributed by atoms with Crippen molar-refractivity contribution in [1.29, 1.82) is 0 Å². The zero-order valence-corrected chi connectivity index (χ0v) is 17.6. The summed E-state index contributed by atoms with van der Waals surface area (Å²) in [6.45, 7) is 4.22. The van der Waals surface area contributed by atoms with Gasteiger partial charge in [-0.25, -0.2) is 0 Å². The molecular formula is C23H30N4O3. The van der Waals surface area contributed by atoms with Crippen LogP contribution in [0.2, 0.25) is 0 Å². The number of carbonyl (C=O) groups is 2. The number of likely N-dealkylation sites (tertiary alicyclic amines) is 1. The molecule has 2 aliphatic carbocycles. The molecule has 160 valence electrons. The Hall–Kier alpha value is -2.83. The molecule has 2 amide bonds. The van der Waals surface area contributed by atoms with Gasteiger partial charge in [-0.15, -0.1) is 0 Å². The standard InChI is InChI=1S/C23H30N4O3/c1-3-24-23(25-11-10-15-6-4-5-7-18(15)30-2)26-12-13-27-21(28)19-16-8-9-17(14-16)20(19)22(27)29/h4-9,16-17,19-20H,3,10-14H2,1-2H3,(H2,24,25,26). The van der Waals surface area contributed by atoms with Crippen LogP contribution in [0.15, 0.2) is 41.4 Å². The van der Waals surface area contributed by atoms with E-state index >= 15 is 0 Å². The number of hydrogen-bond acceptors (Lipinski definition) is 4. The first-order chi connectivity index (χ1) is 14.6. The van der Waals surface area contributed by atoms with E-state index in [2.05, 4.69) is 27.8 Å². The third-order valence-electron chi connectivity index (χ3n) is 6.38. The molecule has 4 rings (SSSR count). The van der Waals surface area contributed by atoms with E-state index in [0.717, 1.165) is 30.7 Å². The van der Waals surface area contributed by atoms with E-state index in [4.69, 9.17) is 4.74 Å². The maximum atomic E-state index is 12.8. The average molecular weight is 411 g/mol. The van der Waals surface area contributed by atoms with Gasteiger partial charge in [0.2, 0.25) is 11.8 Å². The largest absolute Gasteiger partial charge is 0.496 e. The first kappa shape index (κ1) is 20.4. The quantitative estimate of drug-likeness (QED) is 0.294. The molecule has 1 aromatic rings. The first-order valence-electron chi connectivity index (χ1n) is 10.8. The Morgan fingerprint density at radius 3 is 2.50 bits per heavy atom. The summed E-state index contributed by atoms with van der Waals surface area (Å²) in [4.78, 5) is 31.6. The fraction of sp³-hybridized carbons (Fsp3) is 0.522. The lowest BCUT2D eigenvalue weighted by atomic mass is 9.85. The van der Waals surface area contributed by atoms with E-state index in [1.165, 1.54) is 4.90 Å². The molecule has 3 aliphatic rings. The number of amides is 2. The Bertz CT molecular complexity index is 836. The van der Waals surface area contributed by atoms with Crippen molar-refractivity contribution in [1.82, 2.24) is 15.5 Å². The molecule has 1 saturated heterocycles. The molecule has 2 fully saturated rings. The minimum absolute atomic E-state index is 0.00163. The number of hydrogen-bond donors (Lipinski definition) is 2. The number of benzene rings is 1. The van der Waals surface area contributed by atoms with Gasteiger partial charge in [0.05, 0.1) is 18.9 Å². The maximum absolute atomic E-state index is 12.8. The monoisotopic (exact) mass is 410 g/mol. The Morgan fingerprint density at radius 2 is 1.83 bits per heavy atom. The number of carbonyl (C=O) groups excluding carboxylic acids is 2. The van der Waals surface area contributed by atoms with E-state index in [0.29, 0.717) is 25.6 Å². The number of rotatable bonds is 8. The topological polar surface area (TPSA) is 83.0 Å². The second-order valence-electron chi connectivity index (χ2n) is 8.08. The Morgan fingerprint density at radius 1 is 1.13 bits per heavy atom. The second kappa shape index (κ2) is 8.90. The summed E-state index contributed by atoms with van der Waals surface area (Å²) in [5.74, 6) is 1.81. The van der Waals surface area contributed by atoms with Gasteiger partial charge in [-0.2, -0.15) is 0 Å². The summed E-state index contributed by atoms with van der Waals surface area (Å²) in [6, 6.07) is 7.93. The fourth-order valence-corrected chi connectivity index (χ4v) is 5.01. The number of guanidine groups is 1. The summed E-state index contributed by atoms with van der Waals surface area (Å²) in [5, 5.41) is 6.47. The van der Waals surface area contributed by atoms with Crippen LogP contribution < -0.4 is 15.4 Å². The van der Waals surface area contributed by atoms with Crippen LogP contribution in [0.5, 0.6) is 5.75 Å². The molecule has 4 atom stereocenters. The van der Waals surface area contributed by atoms with Gasteiger partial charge in [0.15, 0.2) is 5.96 Å². The predicted octanol–water partition coefficient (Wildman–Crippen LogP) is 1.60. The van der Waals surface area contributed by atoms with Crippen molar-refractivity contribution >= 4 is 17.8 Å². The van der Waals surface area contributed by atoms with Gasteiger partial charge in [0.1, 0.15) is 5.75 Å². The molecule has 1 aromatic carbocycles. The number of imide groups is 1. The molecule has 7 nitrogen and oxygen atoms in total. The van der Waals surface area contributed by atoms with Crippen LogP contribution in [0.3, 0.4) is 0 Å². The molecular weight excluding hydrogens is 380 g/mol. The van der Waals surface area contributed by atoms with Gasteiger partial charge in [-0.3, -0.25) is 19.5 Å². The molecule has 4 unspecified atom stereocenters. The number of methoxy groups -OCH3 is 1. The number of ether oxygens (including phenoxy) is 1. The highest BCUT2D eigenvalue weighted by molar-refractivity contribution is 6.06. The molecule has 0 aromatic heterocycles. The minimum atomic E-state index is -0.129. The zero-order chi connectivity index (χ0) is 21.1. The highest BCUT2D eigenvalue weighted by Crippen LogP contribution is 2.52. The van der Waals surface area contributed by atoms with Crippen LogP contribution in [0.25, 0.3) is 0 Å². The summed E-state index contributed by atoms with van der Waals surface area (Å²) < 4.78 is 5.39. The molecule has 1 heterocycles. The highest BCUT2D eigenvalue weighted by atomic mass is 16.5. The van der Waals surface area contributed by atoms with Crippen molar-refractivity contribution in [2.45, 2.75) is 19.8 Å². The lowest BCUT2D eigenvalue weighted by Crippen LogP contribution is -2.43. The molecule has 1 aliphatic heterocycles. The third-order valence-corrected chi connectivity index (χ3v) is 6.38. The number of aliphatic imine (C=N–C) groups is 1. The van der Waals surface area contributed by atoms with E-state index in [1.807, 2.05) is 31.2 Å². The van der Waals surface area contributed by atoms with Crippen LogP contribution in [0.1, 0.15) is 18.9 Å². The van der Waals surface area contributed by atoms with Crippen molar-refractivity contribution in [2.75, 3.05) is 33.3 Å². The number of para-hydroxylation sites is 1. The van der Waals surface area contributed by atoms with Gasteiger partial charge in [-0.05, 0) is 43.2 Å². The van der Waals surface area contributed by atoms with Crippen molar-refractivity contribution in [2.24, 2.45) is 28.7 Å². The first-order valence-corrected chi connectivity index (χ1v) is 10.8. The average Bonchev–Trinajstić information content (AvgIpc) is 3.43. The highest BCUT2D eigenvalue weighted by Gasteiger charge is 2.58. The Kier molecular flexibility index (Phi) is 6.06. The third kappa shape index (κ3) is 3.80. The zero-order valence-electron chi connectivity index (χ0n) is 17.6. The Balaban J connectivity index is 1.29. The molecule has 30 heavy (non-hydrogen) atoms. The smallest absolute Gasteiger partial charge is 0.233 e. The predicted molar refractivity (Wildman–Crippen MR) is 115 cm³/mol. The molecule has 0 radical (unpaired) electrons. The van der Waals surface area contributed by atoms with Gasteiger partial charge in [-0.1, -0.05) is 30.4 Å². The van der Waals surface area contributed by atoms with E-state index in [1.54, 1.807) is 7.11 Å². The normalized spacial score (nSPS) is 27.0. The minimum Gasteiger partial charge on any atom is -0.496 e. The molecule has 2 N–H and O–H groups in total. The molecule has 2 bridgehead atoms. The van der Waals surface area contributed by atoms with Crippen molar-refractivity contribution in [3.05, 3.63) is 42.0 Å². The van der Waals surface area contributed by atoms with Crippen LogP contribution in [-0.2, 0) is 16.0 Å². The van der Waals surface area contributed by atoms with Crippen LogP contribution in [0.4, 0.5) is 0 Å². The fourth-order valence-electron chi connectivity index (χ4n) is 5.01. The summed E-state index contributed by atoms with van der Waals surface area (Å²) in [6.07, 6.45) is 5.97. The molecule has 0 spiro atoms. The second-order valence-corrected chi connectivity index (χ2v) is 8.08. The lowest BCUT2D eigenvalue weighted by molar-refractivity contribution is -0.140. The van der Waals surface area contributed by atoms with Crippen LogP contribution in [0, 0.1) is 23.7 Å². The van der Waals surface area contributed by atoms with E-state index in [-0.39, 0.29) is 35.5 Å². The SMILES string of the molecule is CCNC(=NCCc1ccccc1OC)NCCN1C(=O)C2C3C=CC(C3)C2C1=O. The number of nitrogens with one attached hydrogen (secondary N) is 2.